The molecule has 1 aliphatic rings. The molecule has 2 aromatic carbocycles. The van der Waals surface area contributed by atoms with Crippen molar-refractivity contribution in [2.75, 3.05) is 0 Å². The number of H-pyrrole nitrogens is 1. The fourth-order valence-corrected chi connectivity index (χ4v) is 3.97. The molecule has 1 aliphatic heterocycles. The highest BCUT2D eigenvalue weighted by Gasteiger charge is 2.25. The molecule has 0 fully saturated rings. The number of aromatic amines is 1. The summed E-state index contributed by atoms with van der Waals surface area (Å²) >= 11 is 1.56. The summed E-state index contributed by atoms with van der Waals surface area (Å²) in [7, 11) is 0. The molecular weight excluding hydrogens is 290 g/mol. The van der Waals surface area contributed by atoms with Gasteiger partial charge in [0.15, 0.2) is 0 Å². The van der Waals surface area contributed by atoms with Gasteiger partial charge in [0.2, 0.25) is 5.78 Å². The molecular formula is C19H15NOS. The summed E-state index contributed by atoms with van der Waals surface area (Å²) in [5, 5.41) is 1.18. The van der Waals surface area contributed by atoms with Gasteiger partial charge in [-0.25, -0.2) is 0 Å². The minimum Gasteiger partial charge on any atom is -0.360 e. The van der Waals surface area contributed by atoms with Gasteiger partial charge in [0, 0.05) is 33.1 Å². The highest BCUT2D eigenvalue weighted by molar-refractivity contribution is 8.04. The molecule has 3 heteroatoms. The molecule has 0 aliphatic carbocycles. The van der Waals surface area contributed by atoms with E-state index >= 15 is 0 Å². The maximum Gasteiger partial charge on any atom is 0.200 e. The zero-order chi connectivity index (χ0) is 15.1. The molecule has 0 spiro atoms. The maximum absolute atomic E-state index is 12.5. The third kappa shape index (κ3) is 2.01. The molecule has 0 saturated carbocycles. The molecule has 1 aromatic heterocycles. The fourth-order valence-electron chi connectivity index (χ4n) is 2.93. The van der Waals surface area contributed by atoms with Gasteiger partial charge in [-0.05, 0) is 30.2 Å². The van der Waals surface area contributed by atoms with Crippen LogP contribution >= 0.6 is 11.8 Å². The van der Waals surface area contributed by atoms with Crippen molar-refractivity contribution in [1.29, 1.82) is 0 Å². The lowest BCUT2D eigenvalue weighted by atomic mass is 10.1. The van der Waals surface area contributed by atoms with E-state index in [4.69, 9.17) is 0 Å². The van der Waals surface area contributed by atoms with Gasteiger partial charge in [-0.1, -0.05) is 49.0 Å². The van der Waals surface area contributed by atoms with Crippen LogP contribution < -0.4 is 0 Å². The largest absolute Gasteiger partial charge is 0.360 e. The van der Waals surface area contributed by atoms with Gasteiger partial charge >= 0.3 is 0 Å². The van der Waals surface area contributed by atoms with E-state index in [-0.39, 0.29) is 5.78 Å². The Morgan fingerprint density at radius 2 is 2.00 bits per heavy atom. The fraction of sp³-hybridized carbons (Fsp3) is 0.105. The quantitative estimate of drug-likeness (QED) is 0.671. The van der Waals surface area contributed by atoms with Gasteiger partial charge < -0.3 is 4.98 Å². The van der Waals surface area contributed by atoms with E-state index in [0.717, 1.165) is 27.3 Å². The number of benzene rings is 2. The van der Waals surface area contributed by atoms with Crippen LogP contribution in [0.25, 0.3) is 17.0 Å². The van der Waals surface area contributed by atoms with Crippen molar-refractivity contribution in [1.82, 2.24) is 4.98 Å². The number of aryl methyl sites for hydroxylation is 1. The van der Waals surface area contributed by atoms with E-state index < -0.39 is 0 Å². The van der Waals surface area contributed by atoms with Crippen LogP contribution in [0, 0.1) is 0 Å². The van der Waals surface area contributed by atoms with Crippen LogP contribution in [0.15, 0.2) is 58.5 Å². The number of hydrogen-bond acceptors (Lipinski definition) is 2. The van der Waals surface area contributed by atoms with Gasteiger partial charge in [-0.3, -0.25) is 4.79 Å². The van der Waals surface area contributed by atoms with E-state index in [1.54, 1.807) is 11.8 Å². The Morgan fingerprint density at radius 3 is 2.82 bits per heavy atom. The molecule has 4 rings (SSSR count). The zero-order valence-electron chi connectivity index (χ0n) is 12.2. The van der Waals surface area contributed by atoms with Crippen LogP contribution in [0.4, 0.5) is 0 Å². The molecule has 2 nitrogen and oxygen atoms in total. The molecule has 1 N–H and O–H groups in total. The Bertz CT molecular complexity index is 920. The van der Waals surface area contributed by atoms with Crippen molar-refractivity contribution in [2.24, 2.45) is 0 Å². The first-order chi connectivity index (χ1) is 10.8. The van der Waals surface area contributed by atoms with Gasteiger partial charge in [-0.15, -0.1) is 0 Å². The predicted octanol–water partition coefficient (Wildman–Crippen LogP) is 5.06. The highest BCUT2D eigenvalue weighted by Crippen LogP contribution is 2.41. The van der Waals surface area contributed by atoms with E-state index in [0.29, 0.717) is 0 Å². The van der Waals surface area contributed by atoms with E-state index in [2.05, 4.69) is 30.1 Å². The van der Waals surface area contributed by atoms with E-state index in [1.165, 1.54) is 16.5 Å². The summed E-state index contributed by atoms with van der Waals surface area (Å²) in [6.07, 6.45) is 4.99. The lowest BCUT2D eigenvalue weighted by molar-refractivity contribution is 0.104. The SMILES string of the molecule is CCc1cccc2c(/C=C3/Sc4ccccc4C3=O)c[nH]c12. The number of fused-ring (bicyclic) bond motifs is 2. The Hall–Kier alpha value is -2.26. The van der Waals surface area contributed by atoms with E-state index in [1.807, 2.05) is 36.5 Å². The number of nitrogens with one attached hydrogen (secondary N) is 1. The number of Topliss-reactive ketones (excluding diaryl/α,β-unsaturated/α-hetero) is 1. The predicted molar refractivity (Wildman–Crippen MR) is 92.3 cm³/mol. The van der Waals surface area contributed by atoms with Crippen molar-refractivity contribution in [3.8, 4) is 0 Å². The van der Waals surface area contributed by atoms with Crippen LogP contribution in [0.5, 0.6) is 0 Å². The van der Waals surface area contributed by atoms with Crippen LogP contribution in [0.2, 0.25) is 0 Å². The molecule has 2 heterocycles. The monoisotopic (exact) mass is 305 g/mol. The third-order valence-corrected chi connectivity index (χ3v) is 5.18. The number of rotatable bonds is 2. The Morgan fingerprint density at radius 1 is 1.14 bits per heavy atom. The number of para-hydroxylation sites is 1. The first kappa shape index (κ1) is 13.4. The van der Waals surface area contributed by atoms with Crippen LogP contribution in [0.1, 0.15) is 28.4 Å². The number of hydrogen-bond donors (Lipinski definition) is 1. The summed E-state index contributed by atoms with van der Waals surface area (Å²) in [6, 6.07) is 14.1. The number of thioether (sulfide) groups is 1. The van der Waals surface area contributed by atoms with Crippen LogP contribution in [-0.4, -0.2) is 10.8 Å². The number of carbonyl (C=O) groups is 1. The van der Waals surface area contributed by atoms with Crippen molar-refractivity contribution in [3.05, 3.63) is 70.3 Å². The second-order valence-corrected chi connectivity index (χ2v) is 6.46. The van der Waals surface area contributed by atoms with E-state index in [9.17, 15) is 4.79 Å². The molecule has 108 valence electrons. The first-order valence-electron chi connectivity index (χ1n) is 7.40. The Labute approximate surface area is 133 Å². The first-order valence-corrected chi connectivity index (χ1v) is 8.22. The molecule has 0 atom stereocenters. The van der Waals surface area contributed by atoms with Gasteiger partial charge in [0.05, 0.1) is 4.91 Å². The molecule has 0 amide bonds. The zero-order valence-corrected chi connectivity index (χ0v) is 13.0. The smallest absolute Gasteiger partial charge is 0.200 e. The number of allylic oxidation sites excluding steroid dienone is 1. The minimum absolute atomic E-state index is 0.126. The van der Waals surface area contributed by atoms with Crippen molar-refractivity contribution in [3.63, 3.8) is 0 Å². The van der Waals surface area contributed by atoms with Gasteiger partial charge in [-0.2, -0.15) is 0 Å². The van der Waals surface area contributed by atoms with Gasteiger partial charge in [0.25, 0.3) is 0 Å². The molecule has 3 aromatic rings. The van der Waals surface area contributed by atoms with Crippen molar-refractivity contribution in [2.45, 2.75) is 18.2 Å². The number of carbonyl (C=O) groups excluding carboxylic acids is 1. The second kappa shape index (κ2) is 5.18. The minimum atomic E-state index is 0.126. The summed E-state index contributed by atoms with van der Waals surface area (Å²) in [4.78, 5) is 17.7. The second-order valence-electron chi connectivity index (χ2n) is 5.37. The Balaban J connectivity index is 1.81. The molecule has 0 radical (unpaired) electrons. The van der Waals surface area contributed by atoms with Crippen LogP contribution in [0.3, 0.4) is 0 Å². The molecule has 0 unspecified atom stereocenters. The van der Waals surface area contributed by atoms with Gasteiger partial charge in [0.1, 0.15) is 0 Å². The molecule has 0 saturated heterocycles. The summed E-state index contributed by atoms with van der Waals surface area (Å²) < 4.78 is 0. The molecule has 0 bridgehead atoms. The number of ketones is 1. The maximum atomic E-state index is 12.5. The normalized spacial score (nSPS) is 15.7. The van der Waals surface area contributed by atoms with Crippen LogP contribution in [-0.2, 0) is 6.42 Å². The topological polar surface area (TPSA) is 32.9 Å². The summed E-state index contributed by atoms with van der Waals surface area (Å²) in [5.41, 5.74) is 4.36. The molecule has 22 heavy (non-hydrogen) atoms. The Kier molecular flexibility index (Phi) is 3.16. The lowest BCUT2D eigenvalue weighted by Crippen LogP contribution is -1.93. The summed E-state index contributed by atoms with van der Waals surface area (Å²) in [6.45, 7) is 2.15. The highest BCUT2D eigenvalue weighted by atomic mass is 32.2. The number of aromatic nitrogens is 1. The standard InChI is InChI=1S/C19H15NOS/c1-2-12-6-5-8-14-13(11-20-18(12)14)10-17-19(21)15-7-3-4-9-16(15)22-17/h3-11,20H,2H2,1H3/b17-10+. The average molecular weight is 305 g/mol. The average Bonchev–Trinajstić information content (AvgIpc) is 3.10. The van der Waals surface area contributed by atoms with Crippen molar-refractivity contribution >= 4 is 34.5 Å². The van der Waals surface area contributed by atoms with Crippen molar-refractivity contribution < 1.29 is 4.79 Å². The summed E-state index contributed by atoms with van der Waals surface area (Å²) in [5.74, 6) is 0.126. The third-order valence-electron chi connectivity index (χ3n) is 4.08. The lowest BCUT2D eigenvalue weighted by Gasteiger charge is -1.99.